The maximum atomic E-state index is 12.4. The Bertz CT molecular complexity index is 674. The largest absolute Gasteiger partial charge is 0.394 e. The molecule has 1 amide bonds. The summed E-state index contributed by atoms with van der Waals surface area (Å²) < 4.78 is 0. The average Bonchev–Trinajstić information content (AvgIpc) is 3.13. The van der Waals surface area contributed by atoms with Crippen LogP contribution in [0, 0.1) is 0 Å². The van der Waals surface area contributed by atoms with Crippen LogP contribution in [0.1, 0.15) is 264 Å². The van der Waals surface area contributed by atoms with Crippen molar-refractivity contribution in [3.63, 3.8) is 0 Å². The Kier molecular flexibility index (Phi) is 41.6. The third-order valence-corrected chi connectivity index (χ3v) is 11.2. The molecule has 4 N–H and O–H groups in total. The van der Waals surface area contributed by atoms with Crippen LogP contribution in [0.15, 0.2) is 0 Å². The van der Waals surface area contributed by atoms with E-state index in [-0.39, 0.29) is 12.5 Å². The van der Waals surface area contributed by atoms with E-state index < -0.39 is 18.2 Å². The van der Waals surface area contributed by atoms with Gasteiger partial charge in [0.05, 0.1) is 18.8 Å². The second-order valence-electron chi connectivity index (χ2n) is 16.3. The molecule has 0 fully saturated rings. The van der Waals surface area contributed by atoms with Crippen molar-refractivity contribution in [2.45, 2.75) is 283 Å². The van der Waals surface area contributed by atoms with E-state index in [1.807, 2.05) is 0 Å². The molecule has 306 valence electrons. The lowest BCUT2D eigenvalue weighted by Gasteiger charge is -2.26. The van der Waals surface area contributed by atoms with Gasteiger partial charge in [0.1, 0.15) is 6.10 Å². The molecule has 0 aromatic heterocycles. The highest BCUT2D eigenvalue weighted by Crippen LogP contribution is 2.17. The number of unbranched alkanes of at least 4 members (excludes halogenated alkanes) is 35. The van der Waals surface area contributed by atoms with Gasteiger partial charge in [0.25, 0.3) is 0 Å². The Balaban J connectivity index is 3.53. The second kappa shape index (κ2) is 42.1. The predicted octanol–water partition coefficient (Wildman–Crippen LogP) is 13.4. The summed E-state index contributed by atoms with van der Waals surface area (Å²) in [6.07, 6.45) is 47.9. The molecule has 5 nitrogen and oxygen atoms in total. The van der Waals surface area contributed by atoms with Crippen LogP contribution in [-0.4, -0.2) is 46.1 Å². The minimum Gasteiger partial charge on any atom is -0.394 e. The third kappa shape index (κ3) is 37.5. The molecule has 0 rings (SSSR count). The zero-order valence-electron chi connectivity index (χ0n) is 34.8. The molecule has 0 aliphatic heterocycles. The summed E-state index contributed by atoms with van der Waals surface area (Å²) in [7, 11) is 0. The normalized spacial score (nSPS) is 13.4. The first-order chi connectivity index (χ1) is 25.1. The molecule has 5 heteroatoms. The van der Waals surface area contributed by atoms with Gasteiger partial charge in [-0.05, 0) is 12.8 Å². The van der Waals surface area contributed by atoms with E-state index in [1.54, 1.807) is 0 Å². The van der Waals surface area contributed by atoms with E-state index >= 15 is 0 Å². The van der Waals surface area contributed by atoms with Gasteiger partial charge in [-0.15, -0.1) is 0 Å². The highest BCUT2D eigenvalue weighted by molar-refractivity contribution is 5.76. The number of hydrogen-bond donors (Lipinski definition) is 4. The van der Waals surface area contributed by atoms with Crippen molar-refractivity contribution in [3.8, 4) is 0 Å². The molecule has 0 saturated heterocycles. The Morgan fingerprint density at radius 2 is 0.667 bits per heavy atom. The molecule has 3 atom stereocenters. The predicted molar refractivity (Wildman–Crippen MR) is 222 cm³/mol. The smallest absolute Gasteiger partial charge is 0.220 e. The van der Waals surface area contributed by atoms with E-state index in [1.165, 1.54) is 205 Å². The Morgan fingerprint density at radius 3 is 0.941 bits per heavy atom. The number of carbonyl (C=O) groups is 1. The van der Waals surface area contributed by atoms with Gasteiger partial charge in [-0.1, -0.05) is 245 Å². The molecule has 0 aromatic rings. The molecule has 0 aliphatic rings. The fourth-order valence-corrected chi connectivity index (χ4v) is 7.58. The van der Waals surface area contributed by atoms with Crippen molar-refractivity contribution in [1.82, 2.24) is 5.32 Å². The van der Waals surface area contributed by atoms with Gasteiger partial charge in [-0.3, -0.25) is 4.79 Å². The summed E-state index contributed by atoms with van der Waals surface area (Å²) in [5.74, 6) is -0.139. The van der Waals surface area contributed by atoms with Crippen LogP contribution in [0.25, 0.3) is 0 Å². The summed E-state index contributed by atoms with van der Waals surface area (Å²) >= 11 is 0. The van der Waals surface area contributed by atoms with Gasteiger partial charge in [0, 0.05) is 6.42 Å². The number of amides is 1. The molecule has 0 aromatic carbocycles. The maximum absolute atomic E-state index is 12.4. The van der Waals surface area contributed by atoms with Crippen molar-refractivity contribution in [2.75, 3.05) is 6.61 Å². The molecular formula is C46H93NO4. The number of hydrogen-bond acceptors (Lipinski definition) is 4. The van der Waals surface area contributed by atoms with Gasteiger partial charge in [-0.25, -0.2) is 0 Å². The van der Waals surface area contributed by atoms with Gasteiger partial charge in [0.2, 0.25) is 5.91 Å². The first kappa shape index (κ1) is 50.4. The van der Waals surface area contributed by atoms with Crippen LogP contribution in [0.2, 0.25) is 0 Å². The van der Waals surface area contributed by atoms with Crippen LogP contribution in [0.5, 0.6) is 0 Å². The third-order valence-electron chi connectivity index (χ3n) is 11.2. The molecular weight excluding hydrogens is 631 g/mol. The fraction of sp³-hybridized carbons (Fsp3) is 0.978. The molecule has 0 heterocycles. The van der Waals surface area contributed by atoms with E-state index in [0.717, 1.165) is 32.1 Å². The number of carbonyl (C=O) groups excluding carboxylic acids is 1. The topological polar surface area (TPSA) is 89.8 Å². The quantitative estimate of drug-likeness (QED) is 0.0472. The summed E-state index contributed by atoms with van der Waals surface area (Å²) in [4.78, 5) is 12.4. The zero-order valence-corrected chi connectivity index (χ0v) is 34.8. The van der Waals surface area contributed by atoms with Crippen LogP contribution < -0.4 is 5.32 Å². The van der Waals surface area contributed by atoms with Crippen LogP contribution in [-0.2, 0) is 4.79 Å². The summed E-state index contributed by atoms with van der Waals surface area (Å²) in [5, 5.41) is 33.6. The number of aliphatic hydroxyl groups is 3. The second-order valence-corrected chi connectivity index (χ2v) is 16.3. The van der Waals surface area contributed by atoms with Gasteiger partial charge < -0.3 is 20.6 Å². The molecule has 0 aliphatic carbocycles. The lowest BCUT2D eigenvalue weighted by molar-refractivity contribution is -0.124. The summed E-state index contributed by atoms with van der Waals surface area (Å²) in [5.41, 5.74) is 0. The maximum Gasteiger partial charge on any atom is 0.220 e. The van der Waals surface area contributed by atoms with Crippen molar-refractivity contribution in [1.29, 1.82) is 0 Å². The lowest BCUT2D eigenvalue weighted by atomic mass is 9.99. The van der Waals surface area contributed by atoms with Crippen LogP contribution >= 0.6 is 0 Å². The first-order valence-corrected chi connectivity index (χ1v) is 23.3. The van der Waals surface area contributed by atoms with Crippen LogP contribution in [0.4, 0.5) is 0 Å². The standard InChI is InChI=1S/C46H93NO4/c1-3-5-7-9-11-13-15-17-19-20-21-22-23-24-25-26-27-29-31-33-35-37-39-41-45(50)47-43(42-48)46(51)44(49)40-38-36-34-32-30-28-18-16-14-12-10-8-6-4-2/h43-44,46,48-49,51H,3-42H2,1-2H3,(H,47,50)/t43-,44-,46+/m1/s1. The monoisotopic (exact) mass is 724 g/mol. The SMILES string of the molecule is CCCCCCCCCCCCCCCCCCCCCCCCCC(=O)N[C@H](CO)[C@H](O)[C@H](O)CCCCCCCCCCCCCCCC. The van der Waals surface area contributed by atoms with E-state index in [0.29, 0.717) is 12.8 Å². The highest BCUT2D eigenvalue weighted by Gasteiger charge is 2.26. The highest BCUT2D eigenvalue weighted by atomic mass is 16.3. The molecule has 51 heavy (non-hydrogen) atoms. The molecule has 0 unspecified atom stereocenters. The number of nitrogens with one attached hydrogen (secondary N) is 1. The van der Waals surface area contributed by atoms with E-state index in [9.17, 15) is 20.1 Å². The fourth-order valence-electron chi connectivity index (χ4n) is 7.58. The van der Waals surface area contributed by atoms with Gasteiger partial charge >= 0.3 is 0 Å². The van der Waals surface area contributed by atoms with E-state index in [4.69, 9.17) is 0 Å². The zero-order chi connectivity index (χ0) is 37.3. The lowest BCUT2D eigenvalue weighted by Crippen LogP contribution is -2.50. The molecule has 0 saturated carbocycles. The minimum absolute atomic E-state index is 0.139. The van der Waals surface area contributed by atoms with E-state index in [2.05, 4.69) is 19.2 Å². The van der Waals surface area contributed by atoms with Gasteiger partial charge in [0.15, 0.2) is 0 Å². The summed E-state index contributed by atoms with van der Waals surface area (Å²) in [6.45, 7) is 4.20. The Morgan fingerprint density at radius 1 is 0.412 bits per heavy atom. The average molecular weight is 724 g/mol. The van der Waals surface area contributed by atoms with Crippen molar-refractivity contribution in [2.24, 2.45) is 0 Å². The summed E-state index contributed by atoms with van der Waals surface area (Å²) in [6, 6.07) is -0.802. The Hall–Kier alpha value is -0.650. The van der Waals surface area contributed by atoms with Crippen molar-refractivity contribution < 1.29 is 20.1 Å². The van der Waals surface area contributed by atoms with Gasteiger partial charge in [-0.2, -0.15) is 0 Å². The minimum atomic E-state index is -1.13. The van der Waals surface area contributed by atoms with Crippen LogP contribution in [0.3, 0.4) is 0 Å². The number of aliphatic hydroxyl groups excluding tert-OH is 3. The molecule has 0 spiro atoms. The first-order valence-electron chi connectivity index (χ1n) is 23.3. The van der Waals surface area contributed by atoms with Crippen molar-refractivity contribution in [3.05, 3.63) is 0 Å². The Labute approximate surface area is 319 Å². The number of rotatable bonds is 43. The molecule has 0 bridgehead atoms. The van der Waals surface area contributed by atoms with Crippen molar-refractivity contribution >= 4 is 5.91 Å². The molecule has 0 radical (unpaired) electrons.